The van der Waals surface area contributed by atoms with Crippen molar-refractivity contribution in [3.05, 3.63) is 0 Å². The number of amides is 2. The zero-order valence-electron chi connectivity index (χ0n) is 7.32. The Morgan fingerprint density at radius 2 is 2.00 bits per heavy atom. The normalized spacial score (nSPS) is 10.4. The second-order valence-electron chi connectivity index (χ2n) is 2.49. The van der Waals surface area contributed by atoms with Gasteiger partial charge in [0.25, 0.3) is 0 Å². The lowest BCUT2D eigenvalue weighted by atomic mass is 10.3. The average Bonchev–Trinajstić information content (AvgIpc) is 2.08. The number of urea groups is 1. The van der Waals surface area contributed by atoms with Crippen LogP contribution in [0.5, 0.6) is 0 Å². The highest BCUT2D eigenvalue weighted by atomic mass is 19.4. The summed E-state index contributed by atoms with van der Waals surface area (Å²) in [6, 6.07) is 0.971. The van der Waals surface area contributed by atoms with Crippen LogP contribution in [-0.2, 0) is 0 Å². The van der Waals surface area contributed by atoms with Crippen LogP contribution in [0.4, 0.5) is 18.0 Å². The van der Waals surface area contributed by atoms with Gasteiger partial charge in [0, 0.05) is 13.0 Å². The highest BCUT2D eigenvalue weighted by Crippen LogP contribution is 2.11. The van der Waals surface area contributed by atoms with E-state index in [0.717, 1.165) is 0 Å². The maximum atomic E-state index is 11.6. The topological polar surface area (TPSA) is 64.9 Å². The maximum Gasteiger partial charge on any atom is 0.405 e. The largest absolute Gasteiger partial charge is 0.405 e. The molecule has 14 heavy (non-hydrogen) atoms. The Bertz CT molecular complexity index is 221. The van der Waals surface area contributed by atoms with Gasteiger partial charge in [-0.1, -0.05) is 0 Å². The van der Waals surface area contributed by atoms with Gasteiger partial charge < -0.3 is 10.6 Å². The van der Waals surface area contributed by atoms with Gasteiger partial charge >= 0.3 is 12.2 Å². The fraction of sp³-hybridized carbons (Fsp3) is 0.714. The molecule has 0 heterocycles. The van der Waals surface area contributed by atoms with E-state index in [-0.39, 0.29) is 13.0 Å². The first-order valence-electron chi connectivity index (χ1n) is 3.91. The number of rotatable bonds is 4. The Morgan fingerprint density at radius 3 is 2.50 bits per heavy atom. The molecule has 0 aliphatic carbocycles. The van der Waals surface area contributed by atoms with Crippen LogP contribution < -0.4 is 10.6 Å². The number of carbonyl (C=O) groups excluding carboxylic acids is 1. The van der Waals surface area contributed by atoms with E-state index >= 15 is 0 Å². The van der Waals surface area contributed by atoms with Crippen molar-refractivity contribution >= 4 is 6.03 Å². The Balaban J connectivity index is 3.43. The Morgan fingerprint density at radius 1 is 1.36 bits per heavy atom. The smallest absolute Gasteiger partial charge is 0.338 e. The number of nitriles is 1. The van der Waals surface area contributed by atoms with Gasteiger partial charge in [0.05, 0.1) is 6.07 Å². The third-order valence-electron chi connectivity index (χ3n) is 1.20. The molecule has 0 saturated heterocycles. The van der Waals surface area contributed by atoms with Gasteiger partial charge in [-0.2, -0.15) is 18.4 Å². The third kappa shape index (κ3) is 8.64. The molecular weight excluding hydrogens is 199 g/mol. The highest BCUT2D eigenvalue weighted by Gasteiger charge is 2.27. The van der Waals surface area contributed by atoms with Gasteiger partial charge in [-0.15, -0.1) is 0 Å². The van der Waals surface area contributed by atoms with Gasteiger partial charge in [0.1, 0.15) is 6.54 Å². The lowest BCUT2D eigenvalue weighted by molar-refractivity contribution is -0.122. The van der Waals surface area contributed by atoms with Crippen LogP contribution in [0.2, 0.25) is 0 Å². The fourth-order valence-electron chi connectivity index (χ4n) is 0.612. The number of nitrogens with one attached hydrogen (secondary N) is 2. The molecule has 0 atom stereocenters. The number of carbonyl (C=O) groups is 1. The van der Waals surface area contributed by atoms with E-state index < -0.39 is 18.8 Å². The molecule has 0 aromatic rings. The molecule has 0 spiro atoms. The van der Waals surface area contributed by atoms with E-state index in [2.05, 4.69) is 5.32 Å². The van der Waals surface area contributed by atoms with Crippen molar-refractivity contribution in [1.82, 2.24) is 10.6 Å². The molecule has 0 unspecified atom stereocenters. The summed E-state index contributed by atoms with van der Waals surface area (Å²) in [6.45, 7) is -1.16. The standard InChI is InChI=1S/C7H10F3N3O/c8-7(9,10)5-13-6(14)12-4-2-1-3-11/h1-2,4-5H2,(H2,12,13,14). The summed E-state index contributed by atoms with van der Waals surface area (Å²) in [5.41, 5.74) is 0. The van der Waals surface area contributed by atoms with E-state index in [1.165, 1.54) is 0 Å². The van der Waals surface area contributed by atoms with Crippen LogP contribution in [0.25, 0.3) is 0 Å². The van der Waals surface area contributed by atoms with Crippen LogP contribution in [0.3, 0.4) is 0 Å². The van der Waals surface area contributed by atoms with E-state index in [4.69, 9.17) is 5.26 Å². The summed E-state index contributed by atoms with van der Waals surface area (Å²) >= 11 is 0. The summed E-state index contributed by atoms with van der Waals surface area (Å²) in [4.78, 5) is 10.6. The molecule has 0 fully saturated rings. The summed E-state index contributed by atoms with van der Waals surface area (Å²) in [6.07, 6.45) is -3.71. The van der Waals surface area contributed by atoms with Crippen molar-refractivity contribution in [3.8, 4) is 6.07 Å². The molecule has 80 valence electrons. The van der Waals surface area contributed by atoms with E-state index in [1.807, 2.05) is 6.07 Å². The minimum atomic E-state index is -4.40. The number of nitrogens with zero attached hydrogens (tertiary/aromatic N) is 1. The summed E-state index contributed by atoms with van der Waals surface area (Å²) in [5, 5.41) is 11.9. The average molecular weight is 209 g/mol. The maximum absolute atomic E-state index is 11.6. The minimum Gasteiger partial charge on any atom is -0.338 e. The van der Waals surface area contributed by atoms with E-state index in [1.54, 1.807) is 5.32 Å². The second-order valence-corrected chi connectivity index (χ2v) is 2.49. The summed E-state index contributed by atoms with van der Waals surface area (Å²) in [5.74, 6) is 0. The predicted molar refractivity (Wildman–Crippen MR) is 42.3 cm³/mol. The minimum absolute atomic E-state index is 0.192. The molecule has 0 bridgehead atoms. The second kappa shape index (κ2) is 6.07. The van der Waals surface area contributed by atoms with Crippen LogP contribution in [0.1, 0.15) is 12.8 Å². The van der Waals surface area contributed by atoms with Gasteiger partial charge in [-0.05, 0) is 6.42 Å². The number of alkyl halides is 3. The molecule has 0 aromatic heterocycles. The van der Waals surface area contributed by atoms with Gasteiger partial charge in [-0.25, -0.2) is 4.79 Å². The van der Waals surface area contributed by atoms with Crippen LogP contribution in [0, 0.1) is 11.3 Å². The molecular formula is C7H10F3N3O. The van der Waals surface area contributed by atoms with Gasteiger partial charge in [0.15, 0.2) is 0 Å². The zero-order chi connectivity index (χ0) is 11.0. The molecule has 0 rings (SSSR count). The lowest BCUT2D eigenvalue weighted by Crippen LogP contribution is -2.41. The van der Waals surface area contributed by atoms with Gasteiger partial charge in [0.2, 0.25) is 0 Å². The highest BCUT2D eigenvalue weighted by molar-refractivity contribution is 5.73. The number of halogens is 3. The van der Waals surface area contributed by atoms with E-state index in [9.17, 15) is 18.0 Å². The van der Waals surface area contributed by atoms with Crippen molar-refractivity contribution in [2.24, 2.45) is 0 Å². The Hall–Kier alpha value is -1.45. The zero-order valence-corrected chi connectivity index (χ0v) is 7.32. The Kier molecular flexibility index (Phi) is 5.44. The quantitative estimate of drug-likeness (QED) is 0.682. The molecule has 0 saturated carbocycles. The molecule has 7 heteroatoms. The van der Waals surface area contributed by atoms with Crippen molar-refractivity contribution in [2.75, 3.05) is 13.1 Å². The first-order chi connectivity index (χ1) is 6.45. The lowest BCUT2D eigenvalue weighted by Gasteiger charge is -2.08. The summed E-state index contributed by atoms with van der Waals surface area (Å²) < 4.78 is 34.7. The number of hydrogen-bond acceptors (Lipinski definition) is 2. The van der Waals surface area contributed by atoms with E-state index in [0.29, 0.717) is 6.42 Å². The van der Waals surface area contributed by atoms with Crippen molar-refractivity contribution in [1.29, 1.82) is 5.26 Å². The van der Waals surface area contributed by atoms with Crippen molar-refractivity contribution < 1.29 is 18.0 Å². The molecule has 0 aliphatic heterocycles. The molecule has 0 aromatic carbocycles. The predicted octanol–water partition coefficient (Wildman–Crippen LogP) is 1.15. The van der Waals surface area contributed by atoms with Crippen molar-refractivity contribution in [2.45, 2.75) is 19.0 Å². The number of unbranched alkanes of at least 4 members (excludes halogenated alkanes) is 1. The SMILES string of the molecule is N#CCCCNC(=O)NCC(F)(F)F. The van der Waals surface area contributed by atoms with Crippen LogP contribution in [0.15, 0.2) is 0 Å². The molecule has 2 N–H and O–H groups in total. The first-order valence-corrected chi connectivity index (χ1v) is 3.91. The molecule has 0 aliphatic rings. The molecule has 2 amide bonds. The fourth-order valence-corrected chi connectivity index (χ4v) is 0.612. The van der Waals surface area contributed by atoms with Crippen LogP contribution in [-0.4, -0.2) is 25.3 Å². The van der Waals surface area contributed by atoms with Crippen molar-refractivity contribution in [3.63, 3.8) is 0 Å². The monoisotopic (exact) mass is 209 g/mol. The summed E-state index contributed by atoms with van der Waals surface area (Å²) in [7, 11) is 0. The number of hydrogen-bond donors (Lipinski definition) is 2. The Labute approximate surface area is 79.1 Å². The molecule has 0 radical (unpaired) electrons. The molecule has 4 nitrogen and oxygen atoms in total. The third-order valence-corrected chi connectivity index (χ3v) is 1.20. The van der Waals surface area contributed by atoms with Crippen LogP contribution >= 0.6 is 0 Å². The van der Waals surface area contributed by atoms with Gasteiger partial charge in [-0.3, -0.25) is 0 Å². The first kappa shape index (κ1) is 12.6.